The summed E-state index contributed by atoms with van der Waals surface area (Å²) in [7, 11) is 0. The van der Waals surface area contributed by atoms with E-state index < -0.39 is 0 Å². The largest absolute Gasteiger partial charge is 1.00 e. The van der Waals surface area contributed by atoms with Crippen LogP contribution < -0.4 is 28.0 Å². The number of pyridine rings is 1. The van der Waals surface area contributed by atoms with Crippen molar-refractivity contribution in [1.82, 2.24) is 4.57 Å². The van der Waals surface area contributed by atoms with Crippen molar-refractivity contribution in [2.45, 2.75) is 25.5 Å². The third kappa shape index (κ3) is 4.99. The van der Waals surface area contributed by atoms with E-state index in [2.05, 4.69) is 11.4 Å². The number of rotatable bonds is 4. The lowest BCUT2D eigenvalue weighted by molar-refractivity contribution is -0.664. The maximum Gasteiger partial charge on any atom is 0.254 e. The molecule has 0 radical (unpaired) electrons. The molecule has 1 aliphatic rings. The van der Waals surface area contributed by atoms with Crippen molar-refractivity contribution in [2.24, 2.45) is 0 Å². The molecule has 0 amide bonds. The third-order valence-corrected chi connectivity index (χ3v) is 4.41. The number of nitrogens with zero attached hydrogens (tertiary/aromatic N) is 2. The van der Waals surface area contributed by atoms with E-state index >= 15 is 0 Å². The number of quaternary nitrogens is 1. The van der Waals surface area contributed by atoms with Gasteiger partial charge in [0.1, 0.15) is 11.9 Å². The van der Waals surface area contributed by atoms with E-state index in [0.717, 1.165) is 31.5 Å². The second kappa shape index (κ2) is 8.91. The van der Waals surface area contributed by atoms with Crippen LogP contribution in [0.2, 0.25) is 5.02 Å². The molecular weight excluding hydrogens is 361 g/mol. The minimum absolute atomic E-state index is 0. The number of halogens is 2. The average Bonchev–Trinajstić information content (AvgIpc) is 2.60. The third-order valence-electron chi connectivity index (χ3n) is 4.13. The Morgan fingerprint density at radius 2 is 2.08 bits per heavy atom. The van der Waals surface area contributed by atoms with Crippen LogP contribution in [0, 0.1) is 11.3 Å². The fourth-order valence-corrected chi connectivity index (χ4v) is 3.09. The van der Waals surface area contributed by atoms with Gasteiger partial charge >= 0.3 is 0 Å². The van der Waals surface area contributed by atoms with Crippen LogP contribution in [-0.4, -0.2) is 23.8 Å². The number of hydrogen-bond acceptors (Lipinski definition) is 3. The summed E-state index contributed by atoms with van der Waals surface area (Å²) < 4.78 is 7.43. The maximum absolute atomic E-state index is 12.3. The molecule has 5 nitrogen and oxygen atoms in total. The Kier molecular flexibility index (Phi) is 6.89. The van der Waals surface area contributed by atoms with Gasteiger partial charge in [-0.3, -0.25) is 4.79 Å². The second-order valence-electron chi connectivity index (χ2n) is 5.95. The molecule has 0 atom stereocenters. The highest BCUT2D eigenvalue weighted by molar-refractivity contribution is 6.31. The molecule has 2 aromatic rings. The van der Waals surface area contributed by atoms with E-state index in [-0.39, 0.29) is 24.1 Å². The van der Waals surface area contributed by atoms with Crippen molar-refractivity contribution in [3.63, 3.8) is 0 Å². The van der Waals surface area contributed by atoms with Gasteiger partial charge in [0, 0.05) is 25.1 Å². The molecule has 25 heavy (non-hydrogen) atoms. The number of nitrogens with two attached hydrogens (primary N) is 1. The number of ether oxygens (including phenoxy) is 1. The Balaban J connectivity index is 0.00000225. The molecule has 1 aromatic carbocycles. The Labute approximate surface area is 157 Å². The van der Waals surface area contributed by atoms with Crippen molar-refractivity contribution < 1.29 is 22.5 Å². The predicted octanol–water partition coefficient (Wildman–Crippen LogP) is -1.47. The zero-order valence-corrected chi connectivity index (χ0v) is 15.1. The highest BCUT2D eigenvalue weighted by Crippen LogP contribution is 2.24. The zero-order chi connectivity index (χ0) is 16.9. The summed E-state index contributed by atoms with van der Waals surface area (Å²) in [5.74, 6) is 0.454. The van der Waals surface area contributed by atoms with Gasteiger partial charge < -0.3 is 27.0 Å². The molecule has 0 spiro atoms. The van der Waals surface area contributed by atoms with E-state index in [0.29, 0.717) is 22.9 Å². The summed E-state index contributed by atoms with van der Waals surface area (Å²) >= 11 is 6.30. The molecule has 2 heterocycles. The van der Waals surface area contributed by atoms with Gasteiger partial charge in [-0.25, -0.2) is 0 Å². The molecular formula is C18H19Cl2N3O2. The van der Waals surface area contributed by atoms with Crippen LogP contribution in [0.15, 0.2) is 41.3 Å². The summed E-state index contributed by atoms with van der Waals surface area (Å²) in [5, 5.41) is 11.7. The van der Waals surface area contributed by atoms with Gasteiger partial charge in [-0.1, -0.05) is 23.7 Å². The van der Waals surface area contributed by atoms with Gasteiger partial charge in [-0.05, 0) is 17.7 Å². The van der Waals surface area contributed by atoms with Crippen LogP contribution in [0.5, 0.6) is 5.75 Å². The summed E-state index contributed by atoms with van der Waals surface area (Å²) in [4.78, 5) is 12.3. The second-order valence-corrected chi connectivity index (χ2v) is 6.35. The van der Waals surface area contributed by atoms with Crippen molar-refractivity contribution in [1.29, 1.82) is 5.26 Å². The lowest BCUT2D eigenvalue weighted by atomic mass is 10.1. The van der Waals surface area contributed by atoms with Gasteiger partial charge in [-0.15, -0.1) is 0 Å². The van der Waals surface area contributed by atoms with Crippen LogP contribution in [0.25, 0.3) is 0 Å². The monoisotopic (exact) mass is 379 g/mol. The first kappa shape index (κ1) is 19.3. The molecule has 0 aliphatic carbocycles. The fourth-order valence-electron chi connectivity index (χ4n) is 2.87. The van der Waals surface area contributed by atoms with Crippen LogP contribution >= 0.6 is 11.6 Å². The zero-order valence-electron chi connectivity index (χ0n) is 13.6. The van der Waals surface area contributed by atoms with Gasteiger partial charge in [0.25, 0.3) is 5.56 Å². The van der Waals surface area contributed by atoms with Gasteiger partial charge in [-0.2, -0.15) is 5.26 Å². The van der Waals surface area contributed by atoms with Gasteiger partial charge in [0.05, 0.1) is 36.3 Å². The summed E-state index contributed by atoms with van der Waals surface area (Å²) in [6.45, 7) is 2.44. The quantitative estimate of drug-likeness (QED) is 0.704. The normalized spacial score (nSPS) is 14.4. The van der Waals surface area contributed by atoms with Crippen LogP contribution in [0.4, 0.5) is 0 Å². The van der Waals surface area contributed by atoms with E-state index in [4.69, 9.17) is 21.6 Å². The smallest absolute Gasteiger partial charge is 0.254 e. The molecule has 0 saturated carbocycles. The van der Waals surface area contributed by atoms with Crippen LogP contribution in [0.3, 0.4) is 0 Å². The Morgan fingerprint density at radius 3 is 2.80 bits per heavy atom. The Hall–Kier alpha value is -2.00. The first-order valence-electron chi connectivity index (χ1n) is 8.03. The molecule has 7 heteroatoms. The number of nitriles is 1. The number of benzene rings is 1. The first-order valence-corrected chi connectivity index (χ1v) is 8.41. The van der Waals surface area contributed by atoms with E-state index in [1.807, 2.05) is 6.07 Å². The van der Waals surface area contributed by atoms with E-state index in [1.54, 1.807) is 24.4 Å². The Morgan fingerprint density at radius 1 is 1.32 bits per heavy atom. The van der Waals surface area contributed by atoms with Crippen molar-refractivity contribution in [2.75, 3.05) is 13.1 Å². The van der Waals surface area contributed by atoms with E-state index in [1.165, 1.54) is 10.6 Å². The highest BCUT2D eigenvalue weighted by atomic mass is 35.5. The van der Waals surface area contributed by atoms with Crippen molar-refractivity contribution >= 4 is 11.6 Å². The lowest BCUT2D eigenvalue weighted by Gasteiger charge is -2.22. The molecule has 132 valence electrons. The topological polar surface area (TPSA) is 71.6 Å². The van der Waals surface area contributed by atoms with Crippen molar-refractivity contribution in [3.05, 3.63) is 63.0 Å². The molecule has 3 rings (SSSR count). The van der Waals surface area contributed by atoms with Crippen LogP contribution in [0.1, 0.15) is 24.0 Å². The minimum atomic E-state index is -0.167. The first-order chi connectivity index (χ1) is 11.7. The standard InChI is InChI=1S/C18H18ClN3O2.ClH/c19-16-12-22(11-14-3-1-2-13(8-14)10-20)18(23)9-17(16)24-15-4-6-21-7-5-15;/h1-3,8-9,12,15,21H,4-7,11H2;1H. The van der Waals surface area contributed by atoms with Crippen molar-refractivity contribution in [3.8, 4) is 11.8 Å². The number of piperidine rings is 1. The lowest BCUT2D eigenvalue weighted by Crippen LogP contribution is -3.00. The molecule has 1 aromatic heterocycles. The fraction of sp³-hybridized carbons (Fsp3) is 0.333. The molecule has 2 N–H and O–H groups in total. The van der Waals surface area contributed by atoms with Crippen LogP contribution in [-0.2, 0) is 6.54 Å². The summed E-state index contributed by atoms with van der Waals surface area (Å²) in [5.41, 5.74) is 1.28. The SMILES string of the molecule is N#Cc1cccc(Cn2cc(Cl)c(OC3CC[NH2+]CC3)cc2=O)c1.[Cl-]. The van der Waals surface area contributed by atoms with Gasteiger partial charge in [0.15, 0.2) is 0 Å². The van der Waals surface area contributed by atoms with Gasteiger partial charge in [0.2, 0.25) is 0 Å². The maximum atomic E-state index is 12.3. The number of aromatic nitrogens is 1. The summed E-state index contributed by atoms with van der Waals surface area (Å²) in [6, 6.07) is 10.7. The molecule has 0 unspecified atom stereocenters. The Bertz CT molecular complexity index is 824. The molecule has 1 saturated heterocycles. The average molecular weight is 380 g/mol. The summed E-state index contributed by atoms with van der Waals surface area (Å²) in [6.07, 6.45) is 3.64. The number of hydrogen-bond donors (Lipinski definition) is 1. The molecule has 1 fully saturated rings. The predicted molar refractivity (Wildman–Crippen MR) is 91.3 cm³/mol. The molecule has 0 bridgehead atoms. The highest BCUT2D eigenvalue weighted by Gasteiger charge is 2.19. The minimum Gasteiger partial charge on any atom is -1.00 e. The molecule has 1 aliphatic heterocycles. The van der Waals surface area contributed by atoms with E-state index in [9.17, 15) is 4.79 Å².